The third kappa shape index (κ3) is 1.07. The molecule has 1 aromatic heterocycles. The molecule has 1 aliphatic carbocycles. The normalized spacial score (nSPS) is 28.9. The molecule has 1 aliphatic rings. The zero-order valence-electron chi connectivity index (χ0n) is 6.71. The van der Waals surface area contributed by atoms with Crippen LogP contribution in [0.3, 0.4) is 0 Å². The van der Waals surface area contributed by atoms with E-state index in [-0.39, 0.29) is 0 Å². The molecule has 0 radical (unpaired) electrons. The number of hydrogen-bond donors (Lipinski definition) is 1. The lowest BCUT2D eigenvalue weighted by molar-refractivity contribution is 0.501. The van der Waals surface area contributed by atoms with E-state index in [0.717, 1.165) is 12.3 Å². The van der Waals surface area contributed by atoms with E-state index in [4.69, 9.17) is 10.2 Å². The molecule has 0 aliphatic heterocycles. The van der Waals surface area contributed by atoms with Crippen molar-refractivity contribution in [3.63, 3.8) is 0 Å². The predicted octanol–water partition coefficient (Wildman–Crippen LogP) is 1.65. The summed E-state index contributed by atoms with van der Waals surface area (Å²) in [4.78, 5) is 0. The van der Waals surface area contributed by atoms with E-state index in [2.05, 4.69) is 6.92 Å². The van der Waals surface area contributed by atoms with Crippen molar-refractivity contribution in [1.29, 1.82) is 0 Å². The Balaban J connectivity index is 2.14. The summed E-state index contributed by atoms with van der Waals surface area (Å²) < 4.78 is 5.36. The van der Waals surface area contributed by atoms with Gasteiger partial charge in [0.1, 0.15) is 5.76 Å². The van der Waals surface area contributed by atoms with Crippen LogP contribution in [0.2, 0.25) is 0 Å². The van der Waals surface area contributed by atoms with Gasteiger partial charge in [0.15, 0.2) is 0 Å². The minimum atomic E-state index is 0.620. The van der Waals surface area contributed by atoms with Crippen molar-refractivity contribution < 1.29 is 4.42 Å². The fraction of sp³-hybridized carbons (Fsp3) is 0.556. The minimum Gasteiger partial charge on any atom is -0.469 e. The summed E-state index contributed by atoms with van der Waals surface area (Å²) in [6.45, 7) is 2.88. The first kappa shape index (κ1) is 6.92. The molecule has 2 atom stereocenters. The number of nitrogens with two attached hydrogens (primary N) is 1. The number of hydrogen-bond acceptors (Lipinski definition) is 2. The Hall–Kier alpha value is -0.760. The molecule has 1 fully saturated rings. The first-order valence-electron chi connectivity index (χ1n) is 4.07. The fourth-order valence-corrected chi connectivity index (χ4v) is 1.59. The molecular formula is C9H13NO. The van der Waals surface area contributed by atoms with Gasteiger partial charge in [-0.2, -0.15) is 0 Å². The van der Waals surface area contributed by atoms with E-state index in [1.807, 2.05) is 6.07 Å². The summed E-state index contributed by atoms with van der Waals surface area (Å²) in [5.74, 6) is 2.45. The highest BCUT2D eigenvalue weighted by atomic mass is 16.3. The van der Waals surface area contributed by atoms with Crippen molar-refractivity contribution in [2.75, 3.05) is 6.54 Å². The zero-order chi connectivity index (χ0) is 7.84. The van der Waals surface area contributed by atoms with Gasteiger partial charge in [0, 0.05) is 5.92 Å². The lowest BCUT2D eigenvalue weighted by Crippen LogP contribution is -2.01. The second-order valence-corrected chi connectivity index (χ2v) is 3.31. The van der Waals surface area contributed by atoms with Crippen LogP contribution in [0, 0.1) is 12.8 Å². The van der Waals surface area contributed by atoms with Gasteiger partial charge in [-0.05, 0) is 37.4 Å². The molecule has 1 aromatic rings. The molecule has 0 amide bonds. The SMILES string of the molecule is Cc1ccoc1[C@@H]1C[C@H]1CN. The summed E-state index contributed by atoms with van der Waals surface area (Å²) >= 11 is 0. The standard InChI is InChI=1S/C9H13NO/c1-6-2-3-11-9(6)8-4-7(8)5-10/h2-3,7-8H,4-5,10H2,1H3/t7-,8+/m0/s1. The Morgan fingerprint density at radius 2 is 2.55 bits per heavy atom. The highest BCUT2D eigenvalue weighted by Crippen LogP contribution is 2.47. The van der Waals surface area contributed by atoms with Gasteiger partial charge >= 0.3 is 0 Å². The predicted molar refractivity (Wildman–Crippen MR) is 43.3 cm³/mol. The molecule has 0 spiro atoms. The maximum atomic E-state index is 5.54. The number of rotatable bonds is 2. The van der Waals surface area contributed by atoms with Crippen LogP contribution in [0.5, 0.6) is 0 Å². The third-order valence-electron chi connectivity index (χ3n) is 2.46. The van der Waals surface area contributed by atoms with Crippen molar-refractivity contribution in [2.24, 2.45) is 11.7 Å². The first-order chi connectivity index (χ1) is 5.33. The molecule has 2 rings (SSSR count). The van der Waals surface area contributed by atoms with E-state index >= 15 is 0 Å². The molecular weight excluding hydrogens is 138 g/mol. The lowest BCUT2D eigenvalue weighted by Gasteiger charge is -1.94. The average Bonchev–Trinajstić information content (AvgIpc) is 2.68. The van der Waals surface area contributed by atoms with Crippen LogP contribution in [0.15, 0.2) is 16.7 Å². The van der Waals surface area contributed by atoms with E-state index in [1.54, 1.807) is 6.26 Å². The molecule has 0 unspecified atom stereocenters. The summed E-state index contributed by atoms with van der Waals surface area (Å²) in [6.07, 6.45) is 2.97. The maximum absolute atomic E-state index is 5.54. The van der Waals surface area contributed by atoms with Crippen molar-refractivity contribution in [3.8, 4) is 0 Å². The molecule has 0 saturated heterocycles. The first-order valence-corrected chi connectivity index (χ1v) is 4.07. The van der Waals surface area contributed by atoms with Crippen LogP contribution in [0.4, 0.5) is 0 Å². The zero-order valence-corrected chi connectivity index (χ0v) is 6.71. The van der Waals surface area contributed by atoms with Gasteiger partial charge in [-0.25, -0.2) is 0 Å². The van der Waals surface area contributed by atoms with Crippen LogP contribution in [-0.4, -0.2) is 6.54 Å². The van der Waals surface area contributed by atoms with E-state index < -0.39 is 0 Å². The number of furan rings is 1. The molecule has 1 heterocycles. The molecule has 0 aromatic carbocycles. The van der Waals surface area contributed by atoms with Crippen molar-refractivity contribution >= 4 is 0 Å². The van der Waals surface area contributed by atoms with Gasteiger partial charge in [-0.15, -0.1) is 0 Å². The smallest absolute Gasteiger partial charge is 0.110 e. The fourth-order valence-electron chi connectivity index (χ4n) is 1.59. The van der Waals surface area contributed by atoms with Gasteiger partial charge in [0.2, 0.25) is 0 Å². The molecule has 1 saturated carbocycles. The van der Waals surface area contributed by atoms with Gasteiger partial charge in [0.25, 0.3) is 0 Å². The van der Waals surface area contributed by atoms with E-state index in [9.17, 15) is 0 Å². The third-order valence-corrected chi connectivity index (χ3v) is 2.46. The van der Waals surface area contributed by atoms with Gasteiger partial charge in [-0.3, -0.25) is 0 Å². The van der Waals surface area contributed by atoms with Crippen molar-refractivity contribution in [1.82, 2.24) is 0 Å². The highest BCUT2D eigenvalue weighted by Gasteiger charge is 2.39. The Morgan fingerprint density at radius 3 is 3.00 bits per heavy atom. The highest BCUT2D eigenvalue weighted by molar-refractivity contribution is 5.24. The van der Waals surface area contributed by atoms with Crippen LogP contribution < -0.4 is 5.73 Å². The van der Waals surface area contributed by atoms with Crippen LogP contribution in [0.1, 0.15) is 23.7 Å². The molecule has 2 heteroatoms. The summed E-state index contributed by atoms with van der Waals surface area (Å²) in [7, 11) is 0. The van der Waals surface area contributed by atoms with E-state index in [0.29, 0.717) is 11.8 Å². The van der Waals surface area contributed by atoms with Crippen LogP contribution in [-0.2, 0) is 0 Å². The molecule has 2 nitrogen and oxygen atoms in total. The van der Waals surface area contributed by atoms with Gasteiger partial charge < -0.3 is 10.2 Å². The lowest BCUT2D eigenvalue weighted by atomic mass is 10.2. The summed E-state index contributed by atoms with van der Waals surface area (Å²) in [5, 5.41) is 0. The summed E-state index contributed by atoms with van der Waals surface area (Å²) in [6, 6.07) is 2.02. The quantitative estimate of drug-likeness (QED) is 0.698. The molecule has 2 N–H and O–H groups in total. The Morgan fingerprint density at radius 1 is 1.73 bits per heavy atom. The molecule has 11 heavy (non-hydrogen) atoms. The second kappa shape index (κ2) is 2.38. The Labute approximate surface area is 66.4 Å². The van der Waals surface area contributed by atoms with Crippen molar-refractivity contribution in [3.05, 3.63) is 23.7 Å². The van der Waals surface area contributed by atoms with Crippen LogP contribution in [0.25, 0.3) is 0 Å². The summed E-state index contributed by atoms with van der Waals surface area (Å²) in [5.41, 5.74) is 6.81. The molecule has 60 valence electrons. The maximum Gasteiger partial charge on any atom is 0.110 e. The monoisotopic (exact) mass is 151 g/mol. The topological polar surface area (TPSA) is 39.2 Å². The van der Waals surface area contributed by atoms with Gasteiger partial charge in [0.05, 0.1) is 6.26 Å². The molecule has 0 bridgehead atoms. The second-order valence-electron chi connectivity index (χ2n) is 3.31. The minimum absolute atomic E-state index is 0.620. The Bertz CT molecular complexity index is 254. The van der Waals surface area contributed by atoms with Crippen molar-refractivity contribution in [2.45, 2.75) is 19.3 Å². The van der Waals surface area contributed by atoms with Gasteiger partial charge in [-0.1, -0.05) is 0 Å². The largest absolute Gasteiger partial charge is 0.469 e. The number of aryl methyl sites for hydroxylation is 1. The Kier molecular flexibility index (Phi) is 1.50. The van der Waals surface area contributed by atoms with E-state index in [1.165, 1.54) is 12.0 Å². The van der Waals surface area contributed by atoms with Crippen LogP contribution >= 0.6 is 0 Å². The average molecular weight is 151 g/mol.